The number of carboxylic acids is 1. The van der Waals surface area contributed by atoms with Gasteiger partial charge in [-0.3, -0.25) is 9.59 Å². The van der Waals surface area contributed by atoms with Crippen LogP contribution in [-0.2, 0) is 16.1 Å². The predicted octanol–water partition coefficient (Wildman–Crippen LogP) is 0.921. The van der Waals surface area contributed by atoms with Crippen molar-refractivity contribution in [3.63, 3.8) is 0 Å². The Kier molecular flexibility index (Phi) is 6.84. The van der Waals surface area contributed by atoms with Gasteiger partial charge < -0.3 is 19.6 Å². The molecule has 6 nitrogen and oxygen atoms in total. The SMILES string of the molecule is COCc1ccccc1C(=O)N(CCN(C)C)CC(=O)O. The molecule has 1 aromatic rings. The summed E-state index contributed by atoms with van der Waals surface area (Å²) in [5.41, 5.74) is 1.24. The summed E-state index contributed by atoms with van der Waals surface area (Å²) in [5.74, 6) is -1.31. The highest BCUT2D eigenvalue weighted by Crippen LogP contribution is 2.13. The summed E-state index contributed by atoms with van der Waals surface area (Å²) in [4.78, 5) is 26.8. The van der Waals surface area contributed by atoms with Crippen LogP contribution in [0.3, 0.4) is 0 Å². The summed E-state index contributed by atoms with van der Waals surface area (Å²) in [7, 11) is 5.31. The van der Waals surface area contributed by atoms with Gasteiger partial charge >= 0.3 is 5.97 Å². The Balaban J connectivity index is 2.95. The molecule has 0 aliphatic heterocycles. The maximum Gasteiger partial charge on any atom is 0.323 e. The fourth-order valence-electron chi connectivity index (χ4n) is 1.92. The number of carbonyl (C=O) groups is 2. The van der Waals surface area contributed by atoms with E-state index in [1.54, 1.807) is 19.2 Å². The number of carboxylic acid groups (broad SMARTS) is 1. The normalized spacial score (nSPS) is 10.7. The lowest BCUT2D eigenvalue weighted by atomic mass is 10.1. The van der Waals surface area contributed by atoms with Gasteiger partial charge in [0, 0.05) is 25.8 Å². The molecule has 1 N–H and O–H groups in total. The van der Waals surface area contributed by atoms with Gasteiger partial charge in [0.05, 0.1) is 6.61 Å². The Hall–Kier alpha value is -1.92. The molecule has 0 bridgehead atoms. The van der Waals surface area contributed by atoms with Crippen molar-refractivity contribution in [1.82, 2.24) is 9.80 Å². The van der Waals surface area contributed by atoms with Gasteiger partial charge in [-0.1, -0.05) is 18.2 Å². The molecule has 0 aliphatic rings. The number of ether oxygens (including phenoxy) is 1. The van der Waals surface area contributed by atoms with Crippen LogP contribution in [0.2, 0.25) is 0 Å². The van der Waals surface area contributed by atoms with E-state index in [4.69, 9.17) is 9.84 Å². The Morgan fingerprint density at radius 2 is 1.86 bits per heavy atom. The molecule has 0 radical (unpaired) electrons. The summed E-state index contributed by atoms with van der Waals surface area (Å²) in [6, 6.07) is 7.09. The second-order valence-corrected chi connectivity index (χ2v) is 5.01. The third-order valence-corrected chi connectivity index (χ3v) is 2.98. The molecule has 116 valence electrons. The number of likely N-dealkylation sites (N-methyl/N-ethyl adjacent to an activating group) is 1. The minimum Gasteiger partial charge on any atom is -0.480 e. The highest BCUT2D eigenvalue weighted by Gasteiger charge is 2.20. The zero-order valence-corrected chi connectivity index (χ0v) is 12.7. The van der Waals surface area contributed by atoms with E-state index < -0.39 is 5.97 Å². The first kappa shape index (κ1) is 17.1. The Morgan fingerprint density at radius 3 is 2.43 bits per heavy atom. The van der Waals surface area contributed by atoms with Crippen LogP contribution in [0.1, 0.15) is 15.9 Å². The Morgan fingerprint density at radius 1 is 1.19 bits per heavy atom. The number of aliphatic carboxylic acids is 1. The summed E-state index contributed by atoms with van der Waals surface area (Å²) in [6.45, 7) is 0.968. The van der Waals surface area contributed by atoms with Crippen LogP contribution < -0.4 is 0 Å². The number of hydrogen-bond donors (Lipinski definition) is 1. The van der Waals surface area contributed by atoms with Crippen molar-refractivity contribution in [3.05, 3.63) is 35.4 Å². The van der Waals surface area contributed by atoms with Gasteiger partial charge in [0.15, 0.2) is 0 Å². The average Bonchev–Trinajstić information content (AvgIpc) is 2.43. The summed E-state index contributed by atoms with van der Waals surface area (Å²) >= 11 is 0. The van der Waals surface area contributed by atoms with Gasteiger partial charge in [0.1, 0.15) is 6.54 Å². The van der Waals surface area contributed by atoms with Gasteiger partial charge in [-0.15, -0.1) is 0 Å². The van der Waals surface area contributed by atoms with Crippen LogP contribution in [0.15, 0.2) is 24.3 Å². The van der Waals surface area contributed by atoms with Crippen LogP contribution in [0.5, 0.6) is 0 Å². The molecule has 6 heteroatoms. The largest absolute Gasteiger partial charge is 0.480 e. The Bertz CT molecular complexity index is 488. The monoisotopic (exact) mass is 294 g/mol. The topological polar surface area (TPSA) is 70.1 Å². The van der Waals surface area contributed by atoms with E-state index in [2.05, 4.69) is 0 Å². The van der Waals surface area contributed by atoms with E-state index in [0.29, 0.717) is 25.3 Å². The van der Waals surface area contributed by atoms with Crippen LogP contribution in [0.25, 0.3) is 0 Å². The third-order valence-electron chi connectivity index (χ3n) is 2.98. The van der Waals surface area contributed by atoms with Crippen LogP contribution in [0, 0.1) is 0 Å². The highest BCUT2D eigenvalue weighted by molar-refractivity contribution is 5.97. The van der Waals surface area contributed by atoms with Gasteiger partial charge in [-0.25, -0.2) is 0 Å². The second kappa shape index (κ2) is 8.39. The summed E-state index contributed by atoms with van der Waals surface area (Å²) in [5, 5.41) is 8.99. The average molecular weight is 294 g/mol. The molecule has 0 spiro atoms. The lowest BCUT2D eigenvalue weighted by Crippen LogP contribution is -2.40. The van der Waals surface area contributed by atoms with Gasteiger partial charge in [-0.05, 0) is 25.7 Å². The molecule has 1 aromatic carbocycles. The first-order valence-electron chi connectivity index (χ1n) is 6.68. The third kappa shape index (κ3) is 5.53. The maximum absolute atomic E-state index is 12.6. The highest BCUT2D eigenvalue weighted by atomic mass is 16.5. The van der Waals surface area contributed by atoms with E-state index in [1.807, 2.05) is 31.1 Å². The van der Waals surface area contributed by atoms with Crippen molar-refractivity contribution >= 4 is 11.9 Å². The molecule has 0 saturated heterocycles. The lowest BCUT2D eigenvalue weighted by Gasteiger charge is -2.23. The van der Waals surface area contributed by atoms with E-state index in [0.717, 1.165) is 5.56 Å². The maximum atomic E-state index is 12.6. The molecule has 0 saturated carbocycles. The first-order chi connectivity index (χ1) is 9.95. The molecule has 0 aromatic heterocycles. The number of hydrogen-bond acceptors (Lipinski definition) is 4. The van der Waals surface area contributed by atoms with Crippen LogP contribution in [-0.4, -0.2) is 67.6 Å². The van der Waals surface area contributed by atoms with Crippen molar-refractivity contribution in [2.24, 2.45) is 0 Å². The molecule has 0 unspecified atom stereocenters. The molecular formula is C15H22N2O4. The van der Waals surface area contributed by atoms with Crippen LogP contribution in [0.4, 0.5) is 0 Å². The van der Waals surface area contributed by atoms with E-state index >= 15 is 0 Å². The number of nitrogens with zero attached hydrogens (tertiary/aromatic N) is 2. The molecular weight excluding hydrogens is 272 g/mol. The number of rotatable bonds is 8. The minimum absolute atomic E-state index is 0.285. The van der Waals surface area contributed by atoms with Crippen molar-refractivity contribution in [2.45, 2.75) is 6.61 Å². The molecule has 21 heavy (non-hydrogen) atoms. The zero-order chi connectivity index (χ0) is 15.8. The lowest BCUT2D eigenvalue weighted by molar-refractivity contribution is -0.137. The Labute approximate surface area is 124 Å². The van der Waals surface area contributed by atoms with Crippen molar-refractivity contribution in [2.75, 3.05) is 40.8 Å². The quantitative estimate of drug-likeness (QED) is 0.772. The molecule has 0 aliphatic carbocycles. The fourth-order valence-corrected chi connectivity index (χ4v) is 1.92. The fraction of sp³-hybridized carbons (Fsp3) is 0.467. The summed E-state index contributed by atoms with van der Waals surface area (Å²) in [6.07, 6.45) is 0. The zero-order valence-electron chi connectivity index (χ0n) is 12.7. The van der Waals surface area contributed by atoms with E-state index in [-0.39, 0.29) is 12.5 Å². The standard InChI is InChI=1S/C15H22N2O4/c1-16(2)8-9-17(10-14(18)19)15(20)13-7-5-4-6-12(13)11-21-3/h4-7H,8-11H2,1-3H3,(H,18,19). The van der Waals surface area contributed by atoms with Crippen LogP contribution >= 0.6 is 0 Å². The first-order valence-corrected chi connectivity index (χ1v) is 6.68. The number of benzene rings is 1. The molecule has 0 fully saturated rings. The minimum atomic E-state index is -1.02. The predicted molar refractivity (Wildman–Crippen MR) is 79.2 cm³/mol. The number of methoxy groups -OCH3 is 1. The van der Waals surface area contributed by atoms with Crippen molar-refractivity contribution in [3.8, 4) is 0 Å². The van der Waals surface area contributed by atoms with E-state index in [1.165, 1.54) is 4.90 Å². The van der Waals surface area contributed by atoms with Gasteiger partial charge in [-0.2, -0.15) is 0 Å². The molecule has 0 atom stereocenters. The molecule has 0 heterocycles. The van der Waals surface area contributed by atoms with Crippen molar-refractivity contribution in [1.29, 1.82) is 0 Å². The molecule has 1 amide bonds. The van der Waals surface area contributed by atoms with Crippen molar-refractivity contribution < 1.29 is 19.4 Å². The number of amides is 1. The number of carbonyl (C=O) groups excluding carboxylic acids is 1. The van der Waals surface area contributed by atoms with Gasteiger partial charge in [0.2, 0.25) is 0 Å². The smallest absolute Gasteiger partial charge is 0.323 e. The second-order valence-electron chi connectivity index (χ2n) is 5.01. The van der Waals surface area contributed by atoms with Gasteiger partial charge in [0.25, 0.3) is 5.91 Å². The summed E-state index contributed by atoms with van der Waals surface area (Å²) < 4.78 is 5.08. The molecule has 1 rings (SSSR count). The van der Waals surface area contributed by atoms with E-state index in [9.17, 15) is 9.59 Å².